The van der Waals surface area contributed by atoms with E-state index in [0.717, 1.165) is 22.6 Å². The number of ether oxygens (including phenoxy) is 2. The standard InChI is InChI=1S/C24H21N3O5/c1-31-15-8-6-14(7-9-15)12-27-19-5-3-2-4-17(19)24(23(27)29)13-32-21-11-20(28)16(10-18(21)24)22(25)26-30/h2-11,28,30H,12-13H2,1H3,(H2,25,26). The summed E-state index contributed by atoms with van der Waals surface area (Å²) in [4.78, 5) is 15.7. The van der Waals surface area contributed by atoms with E-state index < -0.39 is 5.41 Å². The van der Waals surface area contributed by atoms with Crippen LogP contribution in [0, 0.1) is 0 Å². The molecule has 1 unspecified atom stereocenters. The Balaban J connectivity index is 1.63. The van der Waals surface area contributed by atoms with Crippen LogP contribution in [0.4, 0.5) is 5.69 Å². The number of hydrogen-bond donors (Lipinski definition) is 3. The number of rotatable bonds is 4. The Hall–Kier alpha value is -4.20. The summed E-state index contributed by atoms with van der Waals surface area (Å²) in [5.74, 6) is 0.564. The smallest absolute Gasteiger partial charge is 0.246 e. The topological polar surface area (TPSA) is 118 Å². The third kappa shape index (κ3) is 2.69. The van der Waals surface area contributed by atoms with Gasteiger partial charge < -0.3 is 30.4 Å². The number of carbonyl (C=O) groups excluding carboxylic acids is 1. The van der Waals surface area contributed by atoms with Crippen LogP contribution in [0.15, 0.2) is 65.8 Å². The molecule has 0 fully saturated rings. The van der Waals surface area contributed by atoms with Crippen molar-refractivity contribution in [1.82, 2.24) is 0 Å². The second-order valence-electron chi connectivity index (χ2n) is 7.80. The Morgan fingerprint density at radius 3 is 2.66 bits per heavy atom. The molecule has 0 aromatic heterocycles. The van der Waals surface area contributed by atoms with Gasteiger partial charge in [0, 0.05) is 17.3 Å². The van der Waals surface area contributed by atoms with Gasteiger partial charge in [-0.2, -0.15) is 0 Å². The predicted octanol–water partition coefficient (Wildman–Crippen LogP) is 2.72. The lowest BCUT2D eigenvalue weighted by Crippen LogP contribution is -2.42. The Morgan fingerprint density at radius 1 is 1.19 bits per heavy atom. The van der Waals surface area contributed by atoms with Gasteiger partial charge in [-0.25, -0.2) is 0 Å². The van der Waals surface area contributed by atoms with Crippen LogP contribution in [-0.4, -0.2) is 35.8 Å². The molecule has 8 heteroatoms. The molecule has 1 spiro atoms. The average Bonchev–Trinajstić information content (AvgIpc) is 3.30. The van der Waals surface area contributed by atoms with Crippen molar-refractivity contribution < 1.29 is 24.6 Å². The van der Waals surface area contributed by atoms with E-state index in [9.17, 15) is 9.90 Å². The molecule has 4 N–H and O–H groups in total. The SMILES string of the molecule is COc1ccc(CN2C(=O)C3(COc4cc(O)c(/C(N)=N/O)cc43)c3ccccc32)cc1. The Labute approximate surface area is 184 Å². The number of phenolic OH excluding ortho intramolecular Hbond substituents is 1. The van der Waals surface area contributed by atoms with Gasteiger partial charge in [-0.15, -0.1) is 0 Å². The van der Waals surface area contributed by atoms with Gasteiger partial charge in [0.1, 0.15) is 29.3 Å². The highest BCUT2D eigenvalue weighted by atomic mass is 16.5. The van der Waals surface area contributed by atoms with Crippen molar-refractivity contribution in [3.05, 3.63) is 82.9 Å². The first-order valence-electron chi connectivity index (χ1n) is 10.0. The molecular formula is C24H21N3O5. The molecule has 162 valence electrons. The van der Waals surface area contributed by atoms with E-state index in [2.05, 4.69) is 5.16 Å². The van der Waals surface area contributed by atoms with Gasteiger partial charge in [0.25, 0.3) is 0 Å². The number of oxime groups is 1. The second kappa shape index (κ2) is 7.19. The number of amidine groups is 1. The highest BCUT2D eigenvalue weighted by molar-refractivity contribution is 6.12. The van der Waals surface area contributed by atoms with Crippen LogP contribution < -0.4 is 20.1 Å². The number of nitrogens with two attached hydrogens (primary N) is 1. The Morgan fingerprint density at radius 2 is 1.94 bits per heavy atom. The zero-order valence-corrected chi connectivity index (χ0v) is 17.3. The van der Waals surface area contributed by atoms with Crippen LogP contribution in [-0.2, 0) is 16.8 Å². The molecule has 2 heterocycles. The third-order valence-electron chi connectivity index (χ3n) is 6.15. The fraction of sp³-hybridized carbons (Fsp3) is 0.167. The minimum Gasteiger partial charge on any atom is -0.507 e. The molecule has 5 rings (SSSR count). The van der Waals surface area contributed by atoms with E-state index in [0.29, 0.717) is 17.9 Å². The quantitative estimate of drug-likeness (QED) is 0.253. The highest BCUT2D eigenvalue weighted by Gasteiger charge is 2.57. The lowest BCUT2D eigenvalue weighted by atomic mass is 9.76. The van der Waals surface area contributed by atoms with Gasteiger partial charge in [0.15, 0.2) is 5.84 Å². The monoisotopic (exact) mass is 431 g/mol. The number of phenols is 1. The maximum atomic E-state index is 14.0. The van der Waals surface area contributed by atoms with Crippen molar-refractivity contribution in [3.8, 4) is 17.2 Å². The molecule has 0 saturated carbocycles. The number of fused-ring (bicyclic) bond motifs is 4. The summed E-state index contributed by atoms with van der Waals surface area (Å²) in [6.45, 7) is 0.471. The number of aromatic hydroxyl groups is 1. The van der Waals surface area contributed by atoms with E-state index in [1.54, 1.807) is 18.1 Å². The van der Waals surface area contributed by atoms with E-state index in [4.69, 9.17) is 20.4 Å². The number of anilines is 1. The van der Waals surface area contributed by atoms with Crippen LogP contribution in [0.2, 0.25) is 0 Å². The van der Waals surface area contributed by atoms with Crippen LogP contribution in [0.1, 0.15) is 22.3 Å². The van der Waals surface area contributed by atoms with Crippen LogP contribution in [0.5, 0.6) is 17.2 Å². The van der Waals surface area contributed by atoms with Gasteiger partial charge in [0.2, 0.25) is 5.91 Å². The number of methoxy groups -OCH3 is 1. The van der Waals surface area contributed by atoms with Gasteiger partial charge >= 0.3 is 0 Å². The molecule has 32 heavy (non-hydrogen) atoms. The lowest BCUT2D eigenvalue weighted by molar-refractivity contribution is -0.122. The van der Waals surface area contributed by atoms with Gasteiger partial charge in [-0.05, 0) is 35.4 Å². The highest BCUT2D eigenvalue weighted by Crippen LogP contribution is 2.53. The molecule has 1 atom stereocenters. The molecule has 3 aromatic carbocycles. The first-order chi connectivity index (χ1) is 15.5. The molecule has 1 amide bonds. The molecule has 0 aliphatic carbocycles. The summed E-state index contributed by atoms with van der Waals surface area (Å²) in [6.07, 6.45) is 0. The summed E-state index contributed by atoms with van der Waals surface area (Å²) in [5.41, 5.74) is 7.94. The second-order valence-corrected chi connectivity index (χ2v) is 7.80. The minimum atomic E-state index is -1.09. The van der Waals surface area contributed by atoms with Crippen LogP contribution in [0.3, 0.4) is 0 Å². The fourth-order valence-corrected chi connectivity index (χ4v) is 4.54. The minimum absolute atomic E-state index is 0.0936. The molecule has 0 saturated heterocycles. The number of carbonyl (C=O) groups is 1. The predicted molar refractivity (Wildman–Crippen MR) is 118 cm³/mol. The first kappa shape index (κ1) is 19.7. The van der Waals surface area contributed by atoms with Crippen molar-refractivity contribution in [1.29, 1.82) is 0 Å². The summed E-state index contributed by atoms with van der Waals surface area (Å²) >= 11 is 0. The zero-order valence-electron chi connectivity index (χ0n) is 17.3. The van der Waals surface area contributed by atoms with Crippen molar-refractivity contribution in [2.24, 2.45) is 10.9 Å². The molecule has 0 radical (unpaired) electrons. The maximum Gasteiger partial charge on any atom is 0.246 e. The maximum absolute atomic E-state index is 14.0. The first-order valence-corrected chi connectivity index (χ1v) is 10.0. The van der Waals surface area contributed by atoms with Crippen molar-refractivity contribution in [2.45, 2.75) is 12.0 Å². The zero-order chi connectivity index (χ0) is 22.5. The van der Waals surface area contributed by atoms with E-state index in [1.807, 2.05) is 48.5 Å². The van der Waals surface area contributed by atoms with Crippen LogP contribution >= 0.6 is 0 Å². The molecular weight excluding hydrogens is 410 g/mol. The Bertz CT molecular complexity index is 1250. The number of amides is 1. The third-order valence-corrected chi connectivity index (χ3v) is 6.15. The number of para-hydroxylation sites is 1. The molecule has 3 aromatic rings. The van der Waals surface area contributed by atoms with E-state index in [-0.39, 0.29) is 29.7 Å². The fourth-order valence-electron chi connectivity index (χ4n) is 4.54. The van der Waals surface area contributed by atoms with Gasteiger partial charge in [-0.1, -0.05) is 35.5 Å². The molecule has 0 bridgehead atoms. The van der Waals surface area contributed by atoms with Gasteiger partial charge in [-0.3, -0.25) is 4.79 Å². The Kier molecular flexibility index (Phi) is 4.44. The average molecular weight is 431 g/mol. The number of hydrogen-bond acceptors (Lipinski definition) is 6. The van der Waals surface area contributed by atoms with Crippen molar-refractivity contribution >= 4 is 17.4 Å². The molecule has 2 aliphatic heterocycles. The summed E-state index contributed by atoms with van der Waals surface area (Å²) in [6, 6.07) is 18.1. The van der Waals surface area contributed by atoms with E-state index >= 15 is 0 Å². The lowest BCUT2D eigenvalue weighted by Gasteiger charge is -2.23. The summed E-state index contributed by atoms with van der Waals surface area (Å²) in [7, 11) is 1.61. The van der Waals surface area contributed by atoms with Gasteiger partial charge in [0.05, 0.1) is 19.2 Å². The van der Waals surface area contributed by atoms with E-state index in [1.165, 1.54) is 6.07 Å². The van der Waals surface area contributed by atoms with Crippen LogP contribution in [0.25, 0.3) is 0 Å². The largest absolute Gasteiger partial charge is 0.507 e. The molecule has 2 aliphatic rings. The normalized spacial score (nSPS) is 19.1. The number of benzene rings is 3. The van der Waals surface area contributed by atoms with Crippen molar-refractivity contribution in [2.75, 3.05) is 18.6 Å². The summed E-state index contributed by atoms with van der Waals surface area (Å²) < 4.78 is 11.1. The number of nitrogens with zero attached hydrogens (tertiary/aromatic N) is 2. The summed E-state index contributed by atoms with van der Waals surface area (Å²) in [5, 5.41) is 22.4. The van der Waals surface area contributed by atoms with Crippen molar-refractivity contribution in [3.63, 3.8) is 0 Å². The molecule has 8 nitrogen and oxygen atoms in total.